The minimum Gasteiger partial charge on any atom is -0.379 e. The van der Waals surface area contributed by atoms with Crippen molar-refractivity contribution in [3.8, 4) is 5.69 Å². The highest BCUT2D eigenvalue weighted by atomic mass is 15.3. The van der Waals surface area contributed by atoms with E-state index in [1.807, 2.05) is 42.7 Å². The minimum absolute atomic E-state index is 0.728. The summed E-state index contributed by atoms with van der Waals surface area (Å²) in [6.45, 7) is 2.81. The molecule has 5 nitrogen and oxygen atoms in total. The van der Waals surface area contributed by atoms with Gasteiger partial charge in [0, 0.05) is 18.9 Å². The van der Waals surface area contributed by atoms with Crippen LogP contribution in [0, 0.1) is 6.92 Å². The van der Waals surface area contributed by atoms with Crippen LogP contribution in [0.15, 0.2) is 55.4 Å². The van der Waals surface area contributed by atoms with E-state index in [2.05, 4.69) is 27.3 Å². The maximum absolute atomic E-state index is 4.17. The molecule has 100 valence electrons. The van der Waals surface area contributed by atoms with Gasteiger partial charge in [0.05, 0.1) is 11.4 Å². The zero-order valence-corrected chi connectivity index (χ0v) is 11.2. The molecule has 3 aromatic rings. The Bertz CT molecular complexity index is 691. The first kappa shape index (κ1) is 12.3. The van der Waals surface area contributed by atoms with Gasteiger partial charge in [0.1, 0.15) is 12.7 Å². The summed E-state index contributed by atoms with van der Waals surface area (Å²) >= 11 is 0. The van der Waals surface area contributed by atoms with Crippen LogP contribution in [0.5, 0.6) is 0 Å². The fourth-order valence-electron chi connectivity index (χ4n) is 2.03. The maximum atomic E-state index is 4.17. The van der Waals surface area contributed by atoms with E-state index >= 15 is 0 Å². The Labute approximate surface area is 117 Å². The van der Waals surface area contributed by atoms with E-state index in [0.29, 0.717) is 0 Å². The lowest BCUT2D eigenvalue weighted by molar-refractivity contribution is 0.877. The van der Waals surface area contributed by atoms with Gasteiger partial charge in [-0.05, 0) is 36.2 Å². The molecule has 3 rings (SSSR count). The van der Waals surface area contributed by atoms with Crippen LogP contribution in [0.3, 0.4) is 0 Å². The first-order valence-electron chi connectivity index (χ1n) is 6.42. The highest BCUT2D eigenvalue weighted by Gasteiger charge is 2.05. The second-order valence-electron chi connectivity index (χ2n) is 4.51. The van der Waals surface area contributed by atoms with E-state index in [0.717, 1.165) is 17.9 Å². The van der Waals surface area contributed by atoms with Gasteiger partial charge in [0.2, 0.25) is 0 Å². The molecule has 0 amide bonds. The van der Waals surface area contributed by atoms with Crippen LogP contribution in [0.25, 0.3) is 5.69 Å². The van der Waals surface area contributed by atoms with Crippen LogP contribution in [-0.2, 0) is 6.54 Å². The third kappa shape index (κ3) is 2.51. The van der Waals surface area contributed by atoms with Crippen molar-refractivity contribution in [2.45, 2.75) is 13.5 Å². The van der Waals surface area contributed by atoms with Gasteiger partial charge in [0.15, 0.2) is 0 Å². The molecule has 0 radical (unpaired) electrons. The summed E-state index contributed by atoms with van der Waals surface area (Å²) in [6, 6.07) is 10.0. The van der Waals surface area contributed by atoms with Crippen LogP contribution in [0.4, 0.5) is 5.69 Å². The second kappa shape index (κ2) is 5.52. The van der Waals surface area contributed by atoms with Gasteiger partial charge in [-0.15, -0.1) is 0 Å². The third-order valence-electron chi connectivity index (χ3n) is 3.19. The summed E-state index contributed by atoms with van der Waals surface area (Å²) in [5.41, 5.74) is 4.40. The minimum atomic E-state index is 0.728. The standard InChI is InChI=1S/C15H15N5/c1-12-6-7-16-8-13(12)9-18-14-4-2-3-5-15(14)20-11-17-10-19-20/h2-8,10-11,18H,9H2,1H3. The summed E-state index contributed by atoms with van der Waals surface area (Å²) < 4.78 is 1.75. The molecule has 0 aliphatic carbocycles. The molecular formula is C15H15N5. The first-order valence-corrected chi connectivity index (χ1v) is 6.42. The Kier molecular flexibility index (Phi) is 3.41. The van der Waals surface area contributed by atoms with Crippen molar-refractivity contribution in [3.05, 3.63) is 66.5 Å². The maximum Gasteiger partial charge on any atom is 0.138 e. The van der Waals surface area contributed by atoms with Crippen molar-refractivity contribution in [1.82, 2.24) is 19.7 Å². The van der Waals surface area contributed by atoms with Crippen molar-refractivity contribution >= 4 is 5.69 Å². The molecule has 0 bridgehead atoms. The largest absolute Gasteiger partial charge is 0.379 e. The van der Waals surface area contributed by atoms with Gasteiger partial charge >= 0.3 is 0 Å². The van der Waals surface area contributed by atoms with Crippen molar-refractivity contribution in [2.75, 3.05) is 5.32 Å². The molecule has 0 aliphatic rings. The average Bonchev–Trinajstić information content (AvgIpc) is 3.01. The summed E-state index contributed by atoms with van der Waals surface area (Å²) in [4.78, 5) is 8.15. The number of aryl methyl sites for hydroxylation is 1. The molecule has 2 aromatic heterocycles. The van der Waals surface area contributed by atoms with E-state index in [4.69, 9.17) is 0 Å². The van der Waals surface area contributed by atoms with Crippen molar-refractivity contribution in [1.29, 1.82) is 0 Å². The molecule has 0 atom stereocenters. The number of rotatable bonds is 4. The Balaban J connectivity index is 1.84. The summed E-state index contributed by atoms with van der Waals surface area (Å²) in [7, 11) is 0. The molecule has 0 saturated heterocycles. The highest BCUT2D eigenvalue weighted by molar-refractivity contribution is 5.60. The van der Waals surface area contributed by atoms with E-state index in [-0.39, 0.29) is 0 Å². The zero-order valence-electron chi connectivity index (χ0n) is 11.2. The monoisotopic (exact) mass is 265 g/mol. The van der Waals surface area contributed by atoms with E-state index in [1.165, 1.54) is 17.5 Å². The number of nitrogens with zero attached hydrogens (tertiary/aromatic N) is 4. The Morgan fingerprint density at radius 1 is 1.15 bits per heavy atom. The van der Waals surface area contributed by atoms with Gasteiger partial charge < -0.3 is 5.32 Å². The quantitative estimate of drug-likeness (QED) is 0.787. The molecule has 0 unspecified atom stereocenters. The first-order chi connectivity index (χ1) is 9.84. The Morgan fingerprint density at radius 2 is 2.05 bits per heavy atom. The number of aromatic nitrogens is 4. The van der Waals surface area contributed by atoms with Crippen molar-refractivity contribution in [3.63, 3.8) is 0 Å². The van der Waals surface area contributed by atoms with Crippen molar-refractivity contribution in [2.24, 2.45) is 0 Å². The summed E-state index contributed by atoms with van der Waals surface area (Å²) in [6.07, 6.45) is 6.92. The molecule has 0 saturated carbocycles. The number of anilines is 1. The molecular weight excluding hydrogens is 250 g/mol. The summed E-state index contributed by atoms with van der Waals surface area (Å²) in [5, 5.41) is 7.60. The molecule has 0 spiro atoms. The Hall–Kier alpha value is -2.69. The lowest BCUT2D eigenvalue weighted by Gasteiger charge is -2.12. The van der Waals surface area contributed by atoms with E-state index in [9.17, 15) is 0 Å². The van der Waals surface area contributed by atoms with Gasteiger partial charge in [-0.25, -0.2) is 9.67 Å². The third-order valence-corrected chi connectivity index (χ3v) is 3.19. The number of nitrogens with one attached hydrogen (secondary N) is 1. The molecule has 1 N–H and O–H groups in total. The molecule has 0 aliphatic heterocycles. The number of benzene rings is 1. The van der Waals surface area contributed by atoms with Gasteiger partial charge in [0.25, 0.3) is 0 Å². The fourth-order valence-corrected chi connectivity index (χ4v) is 2.03. The molecule has 1 aromatic carbocycles. The molecule has 5 heteroatoms. The van der Waals surface area contributed by atoms with Crippen LogP contribution in [0.1, 0.15) is 11.1 Å². The van der Waals surface area contributed by atoms with Crippen LogP contribution in [-0.4, -0.2) is 19.7 Å². The number of pyridine rings is 1. The van der Waals surface area contributed by atoms with E-state index in [1.54, 1.807) is 11.0 Å². The Morgan fingerprint density at radius 3 is 2.85 bits per heavy atom. The number of hydrogen-bond donors (Lipinski definition) is 1. The van der Waals surface area contributed by atoms with Crippen LogP contribution < -0.4 is 5.32 Å². The van der Waals surface area contributed by atoms with Crippen LogP contribution in [0.2, 0.25) is 0 Å². The SMILES string of the molecule is Cc1ccncc1CNc1ccccc1-n1cncn1. The van der Waals surface area contributed by atoms with Crippen molar-refractivity contribution < 1.29 is 0 Å². The normalized spacial score (nSPS) is 10.4. The lowest BCUT2D eigenvalue weighted by Crippen LogP contribution is -2.06. The highest BCUT2D eigenvalue weighted by Crippen LogP contribution is 2.19. The second-order valence-corrected chi connectivity index (χ2v) is 4.51. The average molecular weight is 265 g/mol. The van der Waals surface area contributed by atoms with Crippen LogP contribution >= 0.6 is 0 Å². The molecule has 2 heterocycles. The zero-order chi connectivity index (χ0) is 13.8. The topological polar surface area (TPSA) is 55.6 Å². The predicted molar refractivity (Wildman–Crippen MR) is 77.7 cm³/mol. The van der Waals surface area contributed by atoms with Gasteiger partial charge in [-0.1, -0.05) is 12.1 Å². The predicted octanol–water partition coefficient (Wildman–Crippen LogP) is 2.58. The number of hydrogen-bond acceptors (Lipinski definition) is 4. The van der Waals surface area contributed by atoms with Gasteiger partial charge in [-0.2, -0.15) is 5.10 Å². The summed E-state index contributed by atoms with van der Waals surface area (Å²) in [5.74, 6) is 0. The lowest BCUT2D eigenvalue weighted by atomic mass is 10.1. The molecule has 20 heavy (non-hydrogen) atoms. The molecule has 0 fully saturated rings. The number of para-hydroxylation sites is 2. The smallest absolute Gasteiger partial charge is 0.138 e. The fraction of sp³-hybridized carbons (Fsp3) is 0.133. The van der Waals surface area contributed by atoms with Gasteiger partial charge in [-0.3, -0.25) is 4.98 Å². The van der Waals surface area contributed by atoms with E-state index < -0.39 is 0 Å².